The quantitative estimate of drug-likeness (QED) is 0.681. The van der Waals surface area contributed by atoms with Gasteiger partial charge in [0.05, 0.1) is 12.1 Å². The topological polar surface area (TPSA) is 6.25 Å². The van der Waals surface area contributed by atoms with Crippen molar-refractivity contribution in [1.29, 1.82) is 0 Å². The van der Waals surface area contributed by atoms with E-state index in [-0.39, 0.29) is 0 Å². The normalized spacial score (nSPS) is 54.8. The summed E-state index contributed by atoms with van der Waals surface area (Å²) in [5.74, 6) is 2.81. The first-order chi connectivity index (χ1) is 11.3. The van der Waals surface area contributed by atoms with Crippen molar-refractivity contribution in [2.75, 3.05) is 13.1 Å². The summed E-state index contributed by atoms with van der Waals surface area (Å²) in [7, 11) is 0. The van der Waals surface area contributed by atoms with Gasteiger partial charge in [0.25, 0.3) is 0 Å². The minimum absolute atomic E-state index is 0.535. The van der Waals surface area contributed by atoms with Crippen molar-refractivity contribution in [2.24, 2.45) is 34.0 Å². The minimum atomic E-state index is 0.535. The largest absolute Gasteiger partial charge is 0.261 e. The fourth-order valence-electron chi connectivity index (χ4n) is 7.93. The van der Waals surface area contributed by atoms with Crippen molar-refractivity contribution in [3.05, 3.63) is 0 Å². The van der Waals surface area contributed by atoms with Crippen LogP contribution in [-0.4, -0.2) is 41.0 Å². The van der Waals surface area contributed by atoms with Crippen LogP contribution in [0.4, 0.5) is 0 Å². The number of fused-ring (bicyclic) bond motifs is 4. The molecule has 5 aliphatic rings. The highest BCUT2D eigenvalue weighted by Gasteiger charge is 2.64. The molecule has 0 aromatic heterocycles. The number of nitrogens with zero attached hydrogens (tertiary/aromatic N) is 2. The zero-order valence-electron chi connectivity index (χ0n) is 16.5. The van der Waals surface area contributed by atoms with Gasteiger partial charge in [0.2, 0.25) is 6.34 Å². The molecular formula is C22H37N2+. The third-order valence-corrected chi connectivity index (χ3v) is 10.3. The highest BCUT2D eigenvalue weighted by atomic mass is 15.3. The van der Waals surface area contributed by atoms with E-state index < -0.39 is 0 Å². The lowest BCUT2D eigenvalue weighted by molar-refractivity contribution is -0.562. The molecule has 0 aromatic rings. The lowest BCUT2D eigenvalue weighted by atomic mass is 9.71. The second-order valence-corrected chi connectivity index (χ2v) is 11.2. The predicted molar refractivity (Wildman–Crippen MR) is 99.3 cm³/mol. The van der Waals surface area contributed by atoms with Gasteiger partial charge < -0.3 is 0 Å². The monoisotopic (exact) mass is 329 g/mol. The van der Waals surface area contributed by atoms with E-state index in [1.54, 1.807) is 0 Å². The molecule has 4 saturated carbocycles. The van der Waals surface area contributed by atoms with Gasteiger partial charge in [0, 0.05) is 11.8 Å². The minimum Gasteiger partial charge on any atom is -0.261 e. The van der Waals surface area contributed by atoms with Crippen LogP contribution >= 0.6 is 0 Å². The lowest BCUT2D eigenvalue weighted by Crippen LogP contribution is -2.39. The van der Waals surface area contributed by atoms with Crippen LogP contribution in [0, 0.1) is 34.0 Å². The van der Waals surface area contributed by atoms with Crippen molar-refractivity contribution in [3.8, 4) is 0 Å². The van der Waals surface area contributed by atoms with Crippen LogP contribution in [0.15, 0.2) is 0 Å². The maximum Gasteiger partial charge on any atom is 0.234 e. The molecule has 0 saturated heterocycles. The van der Waals surface area contributed by atoms with E-state index >= 15 is 0 Å². The molecule has 2 nitrogen and oxygen atoms in total. The Balaban J connectivity index is 1.36. The molecule has 0 radical (unpaired) electrons. The molecule has 24 heavy (non-hydrogen) atoms. The van der Waals surface area contributed by atoms with E-state index in [0.29, 0.717) is 16.2 Å². The average molecular weight is 330 g/mol. The van der Waals surface area contributed by atoms with Crippen LogP contribution in [0.2, 0.25) is 0 Å². The van der Waals surface area contributed by atoms with Crippen LogP contribution in [0.3, 0.4) is 0 Å². The Morgan fingerprint density at radius 3 is 2.38 bits per heavy atom. The Hall–Kier alpha value is -0.530. The average Bonchev–Trinajstić information content (AvgIpc) is 3.26. The van der Waals surface area contributed by atoms with Gasteiger partial charge in [-0.1, -0.05) is 34.6 Å². The smallest absolute Gasteiger partial charge is 0.234 e. The molecule has 0 amide bonds. The molecule has 7 atom stereocenters. The molecule has 134 valence electrons. The highest BCUT2D eigenvalue weighted by Crippen LogP contribution is 2.66. The summed E-state index contributed by atoms with van der Waals surface area (Å²) in [5.41, 5.74) is 1.75. The maximum absolute atomic E-state index is 2.77. The van der Waals surface area contributed by atoms with E-state index in [9.17, 15) is 0 Å². The SMILES string of the molecule is C[C@H]1[C@@H]2CC[C@@]1(C)C[C@H]2[N+]1=CN(C2C[C@]3(C)CC[C@H]2C3(C)C)CC1. The fourth-order valence-corrected chi connectivity index (χ4v) is 7.93. The van der Waals surface area contributed by atoms with E-state index in [1.807, 2.05) is 0 Å². The Bertz CT molecular complexity index is 590. The summed E-state index contributed by atoms with van der Waals surface area (Å²) in [6.45, 7) is 15.3. The molecule has 4 fully saturated rings. The summed E-state index contributed by atoms with van der Waals surface area (Å²) in [5, 5.41) is 0. The van der Waals surface area contributed by atoms with Gasteiger partial charge in [-0.2, -0.15) is 0 Å². The summed E-state index contributed by atoms with van der Waals surface area (Å²) < 4.78 is 2.77. The molecule has 2 heteroatoms. The Morgan fingerprint density at radius 1 is 1.04 bits per heavy atom. The van der Waals surface area contributed by atoms with Gasteiger partial charge in [-0.15, -0.1) is 0 Å². The van der Waals surface area contributed by atoms with Crippen molar-refractivity contribution in [2.45, 2.75) is 85.2 Å². The van der Waals surface area contributed by atoms with E-state index in [1.165, 1.54) is 51.6 Å². The predicted octanol–water partition coefficient (Wildman–Crippen LogP) is 4.38. The molecule has 5 rings (SSSR count). The first kappa shape index (κ1) is 15.7. The summed E-state index contributed by atoms with van der Waals surface area (Å²) in [6.07, 6.45) is 11.3. The number of hydrogen-bond acceptors (Lipinski definition) is 1. The van der Waals surface area contributed by atoms with Gasteiger partial charge in [-0.3, -0.25) is 9.48 Å². The lowest BCUT2D eigenvalue weighted by Gasteiger charge is -2.33. The van der Waals surface area contributed by atoms with Crippen LogP contribution in [0.1, 0.15) is 73.1 Å². The molecule has 1 unspecified atom stereocenters. The highest BCUT2D eigenvalue weighted by molar-refractivity contribution is 5.52. The van der Waals surface area contributed by atoms with Crippen molar-refractivity contribution in [1.82, 2.24) is 4.90 Å². The molecule has 0 N–H and O–H groups in total. The van der Waals surface area contributed by atoms with Gasteiger partial charge in [-0.25, -0.2) is 0 Å². The zero-order valence-corrected chi connectivity index (χ0v) is 16.5. The van der Waals surface area contributed by atoms with Crippen molar-refractivity contribution < 1.29 is 4.58 Å². The molecule has 0 aromatic carbocycles. The van der Waals surface area contributed by atoms with Gasteiger partial charge >= 0.3 is 0 Å². The fraction of sp³-hybridized carbons (Fsp3) is 0.955. The number of rotatable bonds is 2. The van der Waals surface area contributed by atoms with Crippen LogP contribution in [0.25, 0.3) is 0 Å². The van der Waals surface area contributed by atoms with Crippen LogP contribution < -0.4 is 0 Å². The summed E-state index contributed by atoms with van der Waals surface area (Å²) >= 11 is 0. The molecule has 1 heterocycles. The van der Waals surface area contributed by atoms with Crippen LogP contribution in [-0.2, 0) is 0 Å². The number of hydrogen-bond donors (Lipinski definition) is 0. The standard InChI is InChI=1S/C22H37N2/c1-15-16-6-8-21(15,4)12-18(16)23-10-11-24(14-23)19-13-22(5)9-7-17(19)20(22,2)3/h14-19H,6-13H2,1-5H3/q+1/t15-,16-,17+,18+,19?,21-,22-/m0/s1. The molecular weight excluding hydrogens is 292 g/mol. The van der Waals surface area contributed by atoms with Gasteiger partial charge in [0.1, 0.15) is 13.1 Å². The van der Waals surface area contributed by atoms with E-state index in [2.05, 4.69) is 50.4 Å². The first-order valence-electron chi connectivity index (χ1n) is 10.6. The molecule has 4 aliphatic carbocycles. The van der Waals surface area contributed by atoms with Gasteiger partial charge in [0.15, 0.2) is 0 Å². The summed E-state index contributed by atoms with van der Waals surface area (Å²) in [6, 6.07) is 1.65. The Kier molecular flexibility index (Phi) is 3.01. The van der Waals surface area contributed by atoms with Crippen LogP contribution in [0.5, 0.6) is 0 Å². The van der Waals surface area contributed by atoms with Gasteiger partial charge in [-0.05, 0) is 60.7 Å². The van der Waals surface area contributed by atoms with E-state index in [0.717, 1.165) is 29.8 Å². The first-order valence-corrected chi connectivity index (χ1v) is 10.6. The third kappa shape index (κ3) is 1.76. The molecule has 4 bridgehead atoms. The third-order valence-electron chi connectivity index (χ3n) is 10.3. The molecule has 0 spiro atoms. The van der Waals surface area contributed by atoms with E-state index in [4.69, 9.17) is 0 Å². The summed E-state index contributed by atoms with van der Waals surface area (Å²) in [4.78, 5) is 2.77. The van der Waals surface area contributed by atoms with Crippen molar-refractivity contribution in [3.63, 3.8) is 0 Å². The maximum atomic E-state index is 2.77. The Morgan fingerprint density at radius 2 is 1.83 bits per heavy atom. The van der Waals surface area contributed by atoms with Crippen molar-refractivity contribution >= 4 is 6.34 Å². The second kappa shape index (κ2) is 4.60. The Labute approximate surface area is 148 Å². The second-order valence-electron chi connectivity index (χ2n) is 11.2. The molecule has 1 aliphatic heterocycles. The zero-order chi connectivity index (χ0) is 16.9.